The van der Waals surface area contributed by atoms with Crippen LogP contribution in [0.1, 0.15) is 57.1 Å². The molecule has 4 atom stereocenters. The van der Waals surface area contributed by atoms with E-state index in [1.165, 1.54) is 22.6 Å². The lowest BCUT2D eigenvalue weighted by atomic mass is 9.80. The van der Waals surface area contributed by atoms with Gasteiger partial charge in [-0.25, -0.2) is 0 Å². The predicted molar refractivity (Wildman–Crippen MR) is 92.8 cm³/mol. The summed E-state index contributed by atoms with van der Waals surface area (Å²) in [6.07, 6.45) is 2.36. The molecule has 2 nitrogen and oxygen atoms in total. The fraction of sp³-hybridized carbons (Fsp3) is 0.600. The van der Waals surface area contributed by atoms with Gasteiger partial charge in [0.1, 0.15) is 0 Å². The lowest BCUT2D eigenvalue weighted by Gasteiger charge is -2.44. The molecule has 1 saturated carbocycles. The zero-order valence-corrected chi connectivity index (χ0v) is 15.0. The van der Waals surface area contributed by atoms with Crippen LogP contribution in [0.4, 0.5) is 0 Å². The third kappa shape index (κ3) is 1.29. The quantitative estimate of drug-likeness (QED) is 0.744. The first kappa shape index (κ1) is 14.2. The van der Waals surface area contributed by atoms with Gasteiger partial charge in [-0.1, -0.05) is 13.5 Å². The third-order valence-electron chi connectivity index (χ3n) is 6.55. The van der Waals surface area contributed by atoms with Gasteiger partial charge in [0.25, 0.3) is 0 Å². The number of likely N-dealkylation sites (tertiary alicyclic amines) is 1. The van der Waals surface area contributed by atoms with Gasteiger partial charge in [0, 0.05) is 34.1 Å². The van der Waals surface area contributed by atoms with Gasteiger partial charge in [0.2, 0.25) is 0 Å². The molecule has 118 valence electrons. The Morgan fingerprint density at radius 3 is 2.45 bits per heavy atom. The van der Waals surface area contributed by atoms with Crippen LogP contribution in [0.3, 0.4) is 0 Å². The van der Waals surface area contributed by atoms with Crippen molar-refractivity contribution in [2.45, 2.75) is 65.5 Å². The summed E-state index contributed by atoms with van der Waals surface area (Å²) in [6.45, 7) is 20.7. The van der Waals surface area contributed by atoms with Gasteiger partial charge in [-0.2, -0.15) is 0 Å². The van der Waals surface area contributed by atoms with E-state index in [-0.39, 0.29) is 11.0 Å². The average molecular weight is 296 g/mol. The van der Waals surface area contributed by atoms with E-state index in [0.717, 1.165) is 17.4 Å². The molecule has 1 saturated heterocycles. The fourth-order valence-corrected chi connectivity index (χ4v) is 5.77. The Morgan fingerprint density at radius 1 is 1.23 bits per heavy atom. The second-order valence-corrected chi connectivity index (χ2v) is 8.64. The Morgan fingerprint density at radius 2 is 1.86 bits per heavy atom. The van der Waals surface area contributed by atoms with Crippen LogP contribution in [0.2, 0.25) is 0 Å². The van der Waals surface area contributed by atoms with E-state index in [9.17, 15) is 0 Å². The van der Waals surface area contributed by atoms with Crippen LogP contribution in [0.5, 0.6) is 0 Å². The second kappa shape index (κ2) is 3.72. The first-order valence-electron chi connectivity index (χ1n) is 8.54. The normalized spacial score (nSPS) is 36.0. The number of aromatic nitrogens is 1. The molecular weight excluding hydrogens is 268 g/mol. The largest absolute Gasteiger partial charge is 0.366 e. The maximum absolute atomic E-state index is 4.35. The number of hydrogen-bond acceptors (Lipinski definition) is 1. The van der Waals surface area contributed by atoms with Gasteiger partial charge in [0.15, 0.2) is 0 Å². The van der Waals surface area contributed by atoms with Gasteiger partial charge >= 0.3 is 0 Å². The van der Waals surface area contributed by atoms with Crippen molar-refractivity contribution < 1.29 is 0 Å². The zero-order valence-electron chi connectivity index (χ0n) is 15.0. The summed E-state index contributed by atoms with van der Waals surface area (Å²) in [6, 6.07) is 0.592. The van der Waals surface area contributed by atoms with Gasteiger partial charge in [0.05, 0.1) is 0 Å². The highest BCUT2D eigenvalue weighted by molar-refractivity contribution is 5.82. The number of piperidine rings is 1. The molecule has 0 aromatic carbocycles. The molecule has 1 aromatic rings. The first-order chi connectivity index (χ1) is 10.1. The van der Waals surface area contributed by atoms with Crippen molar-refractivity contribution in [1.82, 2.24) is 9.88 Å². The Kier molecular flexibility index (Phi) is 2.40. The summed E-state index contributed by atoms with van der Waals surface area (Å²) >= 11 is 0. The van der Waals surface area contributed by atoms with E-state index in [2.05, 4.69) is 71.0 Å². The Hall–Kier alpha value is -1.44. The van der Waals surface area contributed by atoms with Crippen molar-refractivity contribution in [3.05, 3.63) is 40.9 Å². The number of aromatic amines is 1. The molecular formula is C20H28N2. The molecule has 0 bridgehead atoms. The summed E-state index contributed by atoms with van der Waals surface area (Å²) in [7, 11) is 0. The van der Waals surface area contributed by atoms with Crippen molar-refractivity contribution in [3.8, 4) is 0 Å². The van der Waals surface area contributed by atoms with Crippen molar-refractivity contribution in [2.24, 2.45) is 11.8 Å². The molecule has 2 fully saturated rings. The molecule has 4 rings (SSSR count). The molecule has 1 aliphatic heterocycles. The van der Waals surface area contributed by atoms with Gasteiger partial charge in [-0.15, -0.1) is 0 Å². The van der Waals surface area contributed by atoms with E-state index < -0.39 is 0 Å². The monoisotopic (exact) mass is 296 g/mol. The number of fused-ring (bicyclic) bond motifs is 1. The molecule has 3 aliphatic rings. The van der Waals surface area contributed by atoms with Crippen LogP contribution in [-0.2, 0) is 5.41 Å². The van der Waals surface area contributed by atoms with Crippen molar-refractivity contribution >= 4 is 5.57 Å². The topological polar surface area (TPSA) is 19.0 Å². The van der Waals surface area contributed by atoms with Gasteiger partial charge in [-0.05, 0) is 76.2 Å². The third-order valence-corrected chi connectivity index (χ3v) is 6.55. The van der Waals surface area contributed by atoms with Crippen LogP contribution in [-0.4, -0.2) is 21.5 Å². The highest BCUT2D eigenvalue weighted by Gasteiger charge is 2.75. The van der Waals surface area contributed by atoms with Crippen LogP contribution in [0.15, 0.2) is 18.4 Å². The predicted octanol–water partition coefficient (Wildman–Crippen LogP) is 4.55. The number of nitrogens with one attached hydrogen (secondary N) is 1. The fourth-order valence-electron chi connectivity index (χ4n) is 5.77. The highest BCUT2D eigenvalue weighted by atomic mass is 15.3. The molecule has 0 amide bonds. The average Bonchev–Trinajstić information content (AvgIpc) is 2.69. The number of rotatable bonds is 0. The summed E-state index contributed by atoms with van der Waals surface area (Å²) < 4.78 is 0. The molecule has 2 aliphatic carbocycles. The molecule has 1 spiro atoms. The summed E-state index contributed by atoms with van der Waals surface area (Å²) in [5.74, 6) is 1.46. The van der Waals surface area contributed by atoms with Crippen LogP contribution < -0.4 is 0 Å². The van der Waals surface area contributed by atoms with Crippen molar-refractivity contribution in [1.29, 1.82) is 0 Å². The van der Waals surface area contributed by atoms with Crippen LogP contribution >= 0.6 is 0 Å². The molecule has 2 heterocycles. The molecule has 2 heteroatoms. The number of nitrogens with zero attached hydrogens (tertiary/aromatic N) is 1. The molecule has 1 N–H and O–H groups in total. The van der Waals surface area contributed by atoms with Crippen molar-refractivity contribution in [3.63, 3.8) is 0 Å². The van der Waals surface area contributed by atoms with Gasteiger partial charge in [-0.3, -0.25) is 0 Å². The van der Waals surface area contributed by atoms with Crippen LogP contribution in [0.25, 0.3) is 5.57 Å². The second-order valence-electron chi connectivity index (χ2n) is 8.64. The molecule has 22 heavy (non-hydrogen) atoms. The van der Waals surface area contributed by atoms with E-state index in [1.807, 2.05) is 0 Å². The minimum Gasteiger partial charge on any atom is -0.366 e. The first-order valence-corrected chi connectivity index (χ1v) is 8.54. The minimum absolute atomic E-state index is 0.155. The Balaban J connectivity index is 2.00. The maximum atomic E-state index is 4.35. The summed E-state index contributed by atoms with van der Waals surface area (Å²) in [5, 5.41) is 0. The highest BCUT2D eigenvalue weighted by Crippen LogP contribution is 2.74. The van der Waals surface area contributed by atoms with E-state index in [0.29, 0.717) is 6.04 Å². The number of aryl methyl sites for hydroxylation is 1. The Labute approximate surface area is 134 Å². The van der Waals surface area contributed by atoms with E-state index in [1.54, 1.807) is 5.56 Å². The minimum atomic E-state index is 0.155. The lowest BCUT2D eigenvalue weighted by Crippen LogP contribution is -2.46. The zero-order chi connectivity index (χ0) is 16.2. The number of allylic oxidation sites excluding steroid dienone is 3. The molecule has 4 unspecified atom stereocenters. The number of H-pyrrole nitrogens is 1. The van der Waals surface area contributed by atoms with Crippen LogP contribution in [0, 0.1) is 25.7 Å². The van der Waals surface area contributed by atoms with E-state index in [4.69, 9.17) is 0 Å². The smallest absolute Gasteiger partial charge is 0.0495 e. The lowest BCUT2D eigenvalue weighted by molar-refractivity contribution is 0.136. The van der Waals surface area contributed by atoms with Gasteiger partial charge < -0.3 is 9.88 Å². The van der Waals surface area contributed by atoms with E-state index >= 15 is 0 Å². The standard InChI is InChI=1S/C20H28N2/c1-10-9-15-20(16-11(2)13(4)21-18(10)16)12(3)17(20)14(5)22(15)19(6,7)8/h9,12,14,17,21H,1H2,2-8H3. The summed E-state index contributed by atoms with van der Waals surface area (Å²) in [4.78, 5) is 6.27. The Bertz CT molecular complexity index is 728. The number of hydrogen-bond donors (Lipinski definition) is 1. The SMILES string of the molecule is C=C1C=C2N(C(C)(C)C)C(C)C3C(C)C23c2c1[nH]c(C)c2C. The maximum Gasteiger partial charge on any atom is 0.0495 e. The summed E-state index contributed by atoms with van der Waals surface area (Å²) in [5.41, 5.74) is 8.63. The van der Waals surface area contributed by atoms with Crippen molar-refractivity contribution in [2.75, 3.05) is 0 Å². The molecule has 1 aromatic heterocycles. The molecule has 0 radical (unpaired) electrons.